The molecule has 0 aliphatic carbocycles. The predicted octanol–water partition coefficient (Wildman–Crippen LogP) is 3.62. The van der Waals surface area contributed by atoms with E-state index in [-0.39, 0.29) is 21.8 Å². The molecule has 1 amide bonds. The van der Waals surface area contributed by atoms with Crippen LogP contribution >= 0.6 is 11.6 Å². The van der Waals surface area contributed by atoms with Crippen molar-refractivity contribution in [1.82, 2.24) is 4.98 Å². The van der Waals surface area contributed by atoms with Crippen LogP contribution in [0.4, 0.5) is 20.3 Å². The molecular weight excluding hydrogens is 300 g/mol. The van der Waals surface area contributed by atoms with E-state index in [1.807, 2.05) is 0 Å². The molecule has 1 heterocycles. The molecule has 21 heavy (non-hydrogen) atoms. The van der Waals surface area contributed by atoms with Crippen LogP contribution in [0.5, 0.6) is 0 Å². The molecule has 0 spiro atoms. The summed E-state index contributed by atoms with van der Waals surface area (Å²) in [6.07, 6.45) is 1.29. The number of amides is 1. The monoisotopic (exact) mass is 311 g/mol. The summed E-state index contributed by atoms with van der Waals surface area (Å²) in [7, 11) is 1.64. The summed E-state index contributed by atoms with van der Waals surface area (Å²) >= 11 is 5.91. The molecule has 2 aromatic rings. The van der Waals surface area contributed by atoms with Crippen molar-refractivity contribution in [2.75, 3.05) is 17.7 Å². The third-order valence-corrected chi connectivity index (χ3v) is 3.12. The number of anilines is 2. The van der Waals surface area contributed by atoms with Gasteiger partial charge in [-0.2, -0.15) is 0 Å². The SMILES string of the molecule is CNc1ncc(C(=O)Nc2cc(F)c(C)cc2F)cc1Cl. The molecule has 110 valence electrons. The lowest BCUT2D eigenvalue weighted by atomic mass is 10.2. The van der Waals surface area contributed by atoms with Crippen molar-refractivity contribution in [2.24, 2.45) is 0 Å². The van der Waals surface area contributed by atoms with Crippen molar-refractivity contribution in [2.45, 2.75) is 6.92 Å². The quantitative estimate of drug-likeness (QED) is 0.910. The molecule has 0 fully saturated rings. The van der Waals surface area contributed by atoms with Gasteiger partial charge < -0.3 is 10.6 Å². The van der Waals surface area contributed by atoms with E-state index in [1.165, 1.54) is 19.2 Å². The van der Waals surface area contributed by atoms with Gasteiger partial charge in [-0.1, -0.05) is 11.6 Å². The van der Waals surface area contributed by atoms with E-state index in [1.54, 1.807) is 7.05 Å². The number of hydrogen-bond acceptors (Lipinski definition) is 3. The maximum atomic E-state index is 13.7. The minimum atomic E-state index is -0.715. The zero-order valence-corrected chi connectivity index (χ0v) is 12.1. The highest BCUT2D eigenvalue weighted by Gasteiger charge is 2.13. The number of carbonyl (C=O) groups is 1. The van der Waals surface area contributed by atoms with Gasteiger partial charge in [0.2, 0.25) is 0 Å². The molecule has 0 aliphatic heterocycles. The van der Waals surface area contributed by atoms with Crippen LogP contribution in [0.25, 0.3) is 0 Å². The van der Waals surface area contributed by atoms with Crippen LogP contribution < -0.4 is 10.6 Å². The molecule has 0 unspecified atom stereocenters. The first-order valence-electron chi connectivity index (χ1n) is 6.02. The lowest BCUT2D eigenvalue weighted by Crippen LogP contribution is -2.14. The summed E-state index contributed by atoms with van der Waals surface area (Å²) in [5, 5.41) is 5.29. The molecule has 7 heteroatoms. The standard InChI is InChI=1S/C14H12ClF2N3O/c1-7-3-11(17)12(5-10(7)16)20-14(21)8-4-9(15)13(18-2)19-6-8/h3-6H,1-2H3,(H,18,19)(H,20,21). The molecule has 1 aromatic carbocycles. The van der Waals surface area contributed by atoms with Crippen LogP contribution in [-0.4, -0.2) is 17.9 Å². The molecule has 0 atom stereocenters. The van der Waals surface area contributed by atoms with Crippen LogP contribution in [-0.2, 0) is 0 Å². The van der Waals surface area contributed by atoms with Gasteiger partial charge in [0, 0.05) is 19.3 Å². The van der Waals surface area contributed by atoms with Gasteiger partial charge in [-0.05, 0) is 24.6 Å². The van der Waals surface area contributed by atoms with Gasteiger partial charge in [-0.3, -0.25) is 4.79 Å². The molecule has 0 saturated carbocycles. The normalized spacial score (nSPS) is 10.3. The molecular formula is C14H12ClF2N3O. The average Bonchev–Trinajstić information content (AvgIpc) is 2.44. The Morgan fingerprint density at radius 3 is 2.57 bits per heavy atom. The maximum Gasteiger partial charge on any atom is 0.257 e. The largest absolute Gasteiger partial charge is 0.372 e. The first kappa shape index (κ1) is 15.2. The fraction of sp³-hybridized carbons (Fsp3) is 0.143. The van der Waals surface area contributed by atoms with Crippen molar-refractivity contribution in [3.05, 3.63) is 52.2 Å². The zero-order valence-electron chi connectivity index (χ0n) is 11.3. The summed E-state index contributed by atoms with van der Waals surface area (Å²) in [5.74, 6) is -1.53. The van der Waals surface area contributed by atoms with Gasteiger partial charge in [-0.25, -0.2) is 13.8 Å². The minimum absolute atomic E-state index is 0.138. The van der Waals surface area contributed by atoms with Crippen molar-refractivity contribution < 1.29 is 13.6 Å². The molecule has 1 aromatic heterocycles. The molecule has 4 nitrogen and oxygen atoms in total. The fourth-order valence-corrected chi connectivity index (χ4v) is 1.94. The van der Waals surface area contributed by atoms with Gasteiger partial charge in [0.05, 0.1) is 16.3 Å². The Morgan fingerprint density at radius 2 is 1.95 bits per heavy atom. The second-order valence-corrected chi connectivity index (χ2v) is 4.75. The molecule has 0 bridgehead atoms. The Bertz CT molecular complexity index is 707. The fourth-order valence-electron chi connectivity index (χ4n) is 1.68. The van der Waals surface area contributed by atoms with E-state index in [9.17, 15) is 13.6 Å². The van der Waals surface area contributed by atoms with Gasteiger partial charge in [0.1, 0.15) is 17.5 Å². The molecule has 2 rings (SSSR count). The van der Waals surface area contributed by atoms with Gasteiger partial charge >= 0.3 is 0 Å². The Kier molecular flexibility index (Phi) is 4.37. The third kappa shape index (κ3) is 3.28. The van der Waals surface area contributed by atoms with E-state index in [4.69, 9.17) is 11.6 Å². The van der Waals surface area contributed by atoms with Crippen molar-refractivity contribution in [3.63, 3.8) is 0 Å². The first-order valence-corrected chi connectivity index (χ1v) is 6.40. The summed E-state index contributed by atoms with van der Waals surface area (Å²) in [5.41, 5.74) is 0.0601. The number of aromatic nitrogens is 1. The van der Waals surface area contributed by atoms with Crippen LogP contribution in [0, 0.1) is 18.6 Å². The second kappa shape index (κ2) is 6.05. The summed E-state index contributed by atoms with van der Waals surface area (Å²) in [6, 6.07) is 3.33. The van der Waals surface area contributed by atoms with Crippen LogP contribution in [0.15, 0.2) is 24.4 Å². The summed E-state index contributed by atoms with van der Waals surface area (Å²) in [6.45, 7) is 1.43. The summed E-state index contributed by atoms with van der Waals surface area (Å²) in [4.78, 5) is 15.9. The van der Waals surface area contributed by atoms with Crippen molar-refractivity contribution >= 4 is 29.0 Å². The average molecular weight is 312 g/mol. The first-order chi connectivity index (χ1) is 9.92. The van der Waals surface area contributed by atoms with E-state index in [0.29, 0.717) is 5.82 Å². The van der Waals surface area contributed by atoms with E-state index >= 15 is 0 Å². The molecule has 0 aliphatic rings. The van der Waals surface area contributed by atoms with Gasteiger partial charge in [0.25, 0.3) is 5.91 Å². The van der Waals surface area contributed by atoms with E-state index < -0.39 is 17.5 Å². The highest BCUT2D eigenvalue weighted by molar-refractivity contribution is 6.33. The lowest BCUT2D eigenvalue weighted by Gasteiger charge is -2.09. The molecule has 0 saturated heterocycles. The Balaban J connectivity index is 2.26. The highest BCUT2D eigenvalue weighted by Crippen LogP contribution is 2.22. The van der Waals surface area contributed by atoms with E-state index in [2.05, 4.69) is 15.6 Å². The Labute approximate surface area is 125 Å². The topological polar surface area (TPSA) is 54.0 Å². The van der Waals surface area contributed by atoms with Crippen LogP contribution in [0.1, 0.15) is 15.9 Å². The molecule has 2 N–H and O–H groups in total. The van der Waals surface area contributed by atoms with Crippen molar-refractivity contribution in [3.8, 4) is 0 Å². The third-order valence-electron chi connectivity index (χ3n) is 2.84. The number of halogens is 3. The van der Waals surface area contributed by atoms with Gasteiger partial charge in [-0.15, -0.1) is 0 Å². The second-order valence-electron chi connectivity index (χ2n) is 4.34. The predicted molar refractivity (Wildman–Crippen MR) is 77.8 cm³/mol. The van der Waals surface area contributed by atoms with Crippen molar-refractivity contribution in [1.29, 1.82) is 0 Å². The number of pyridine rings is 1. The zero-order chi connectivity index (χ0) is 15.6. The Hall–Kier alpha value is -2.21. The maximum absolute atomic E-state index is 13.7. The smallest absolute Gasteiger partial charge is 0.257 e. The number of aryl methyl sites for hydroxylation is 1. The number of nitrogens with zero attached hydrogens (tertiary/aromatic N) is 1. The number of nitrogens with one attached hydrogen (secondary N) is 2. The Morgan fingerprint density at radius 1 is 1.24 bits per heavy atom. The number of hydrogen-bond donors (Lipinski definition) is 2. The van der Waals surface area contributed by atoms with Crippen LogP contribution in [0.2, 0.25) is 5.02 Å². The lowest BCUT2D eigenvalue weighted by molar-refractivity contribution is 0.102. The number of benzene rings is 1. The highest BCUT2D eigenvalue weighted by atomic mass is 35.5. The summed E-state index contributed by atoms with van der Waals surface area (Å²) < 4.78 is 27.1. The van der Waals surface area contributed by atoms with E-state index in [0.717, 1.165) is 12.1 Å². The minimum Gasteiger partial charge on any atom is -0.372 e. The van der Waals surface area contributed by atoms with Gasteiger partial charge in [0.15, 0.2) is 0 Å². The molecule has 0 radical (unpaired) electrons. The number of rotatable bonds is 3. The number of carbonyl (C=O) groups excluding carboxylic acids is 1. The van der Waals surface area contributed by atoms with Crippen LogP contribution in [0.3, 0.4) is 0 Å².